The van der Waals surface area contributed by atoms with Gasteiger partial charge in [-0.15, -0.1) is 0 Å². The molecule has 7 heteroatoms. The van der Waals surface area contributed by atoms with Crippen LogP contribution in [0.25, 0.3) is 0 Å². The van der Waals surface area contributed by atoms with Crippen LogP contribution in [0.5, 0.6) is 5.75 Å². The van der Waals surface area contributed by atoms with E-state index in [1.165, 1.54) is 4.90 Å². The van der Waals surface area contributed by atoms with E-state index in [2.05, 4.69) is 4.90 Å². The van der Waals surface area contributed by atoms with Crippen molar-refractivity contribution < 1.29 is 22.7 Å². The zero-order valence-electron chi connectivity index (χ0n) is 14.3. The zero-order valence-corrected chi connectivity index (χ0v) is 14.3. The molecule has 0 spiro atoms. The van der Waals surface area contributed by atoms with Gasteiger partial charge in [-0.1, -0.05) is 12.1 Å². The Labute approximate surface area is 149 Å². The molecule has 4 nitrogen and oxygen atoms in total. The third-order valence-corrected chi connectivity index (χ3v) is 4.47. The topological polar surface area (TPSA) is 32.8 Å². The molecular weight excluding hydrogens is 345 g/mol. The van der Waals surface area contributed by atoms with Crippen LogP contribution >= 0.6 is 0 Å². The summed E-state index contributed by atoms with van der Waals surface area (Å²) in [6, 6.07) is 9.49. The third-order valence-electron chi connectivity index (χ3n) is 4.47. The monoisotopic (exact) mass is 364 g/mol. The molecule has 1 fully saturated rings. The van der Waals surface area contributed by atoms with Gasteiger partial charge in [0, 0.05) is 32.7 Å². The summed E-state index contributed by atoms with van der Waals surface area (Å²) < 4.78 is 45.4. The number of carbonyl (C=O) groups excluding carboxylic acids is 1. The Morgan fingerprint density at radius 3 is 2.46 bits per heavy atom. The van der Waals surface area contributed by atoms with Crippen molar-refractivity contribution >= 4 is 5.91 Å². The van der Waals surface area contributed by atoms with Crippen LogP contribution in [-0.2, 0) is 6.54 Å². The Kier molecular flexibility index (Phi) is 5.46. The minimum Gasteiger partial charge on any atom is -0.497 e. The number of methoxy groups -OCH3 is 1. The molecule has 0 atom stereocenters. The van der Waals surface area contributed by atoms with Crippen molar-refractivity contribution in [3.05, 3.63) is 65.0 Å². The normalized spacial score (nSPS) is 15.2. The minimum atomic E-state index is -1.62. The van der Waals surface area contributed by atoms with E-state index in [1.807, 2.05) is 24.3 Å². The van der Waals surface area contributed by atoms with E-state index in [9.17, 15) is 18.0 Å². The van der Waals surface area contributed by atoms with Crippen molar-refractivity contribution in [3.8, 4) is 5.75 Å². The maximum Gasteiger partial charge on any atom is 0.257 e. The maximum atomic E-state index is 13.8. The highest BCUT2D eigenvalue weighted by atomic mass is 19.2. The Morgan fingerprint density at radius 1 is 1.04 bits per heavy atom. The summed E-state index contributed by atoms with van der Waals surface area (Å²) >= 11 is 0. The molecule has 1 aliphatic rings. The van der Waals surface area contributed by atoms with Crippen molar-refractivity contribution in [2.75, 3.05) is 33.3 Å². The van der Waals surface area contributed by atoms with Crippen molar-refractivity contribution in [3.63, 3.8) is 0 Å². The predicted octanol–water partition coefficient (Wildman–Crippen LogP) is 3.07. The van der Waals surface area contributed by atoms with Gasteiger partial charge in [0.25, 0.3) is 5.91 Å². The average molecular weight is 364 g/mol. The molecule has 0 aromatic heterocycles. The number of carbonyl (C=O) groups is 1. The summed E-state index contributed by atoms with van der Waals surface area (Å²) in [6.07, 6.45) is 0. The molecule has 3 rings (SSSR count). The molecule has 1 saturated heterocycles. The average Bonchev–Trinajstić information content (AvgIpc) is 2.66. The fourth-order valence-electron chi connectivity index (χ4n) is 3.00. The lowest BCUT2D eigenvalue weighted by Gasteiger charge is -2.34. The summed E-state index contributed by atoms with van der Waals surface area (Å²) in [5, 5.41) is 0. The van der Waals surface area contributed by atoms with E-state index in [1.54, 1.807) is 7.11 Å². The summed E-state index contributed by atoms with van der Waals surface area (Å²) in [5.41, 5.74) is 0.654. The number of ether oxygens (including phenoxy) is 1. The number of benzene rings is 2. The van der Waals surface area contributed by atoms with Crippen LogP contribution in [0.2, 0.25) is 0 Å². The zero-order chi connectivity index (χ0) is 18.7. The number of nitrogens with zero attached hydrogens (tertiary/aromatic N) is 2. The Hall–Kier alpha value is -2.54. The Balaban J connectivity index is 1.61. The van der Waals surface area contributed by atoms with Crippen LogP contribution in [0.4, 0.5) is 13.2 Å². The molecule has 138 valence electrons. The molecule has 0 N–H and O–H groups in total. The second-order valence-electron chi connectivity index (χ2n) is 6.14. The van der Waals surface area contributed by atoms with Gasteiger partial charge in [0.1, 0.15) is 5.75 Å². The van der Waals surface area contributed by atoms with Gasteiger partial charge in [-0.3, -0.25) is 9.69 Å². The second-order valence-corrected chi connectivity index (χ2v) is 6.14. The number of rotatable bonds is 4. The molecule has 0 radical (unpaired) electrons. The molecule has 1 aliphatic heterocycles. The largest absolute Gasteiger partial charge is 0.497 e. The Bertz CT molecular complexity index is 805. The Morgan fingerprint density at radius 2 is 1.77 bits per heavy atom. The van der Waals surface area contributed by atoms with Gasteiger partial charge in [-0.25, -0.2) is 13.2 Å². The quantitative estimate of drug-likeness (QED) is 0.782. The summed E-state index contributed by atoms with van der Waals surface area (Å²) in [5.74, 6) is -4.20. The fraction of sp³-hybridized carbons (Fsp3) is 0.316. The molecule has 0 unspecified atom stereocenters. The standard InChI is InChI=1S/C19H19F3N2O2/c1-26-14-4-2-3-13(11-14)12-23-7-9-24(10-8-23)19(25)15-5-6-16(20)18(22)17(15)21/h2-6,11H,7-10,12H2,1H3. The fourth-order valence-corrected chi connectivity index (χ4v) is 3.00. The molecular formula is C19H19F3N2O2. The van der Waals surface area contributed by atoms with Crippen LogP contribution in [-0.4, -0.2) is 49.0 Å². The van der Waals surface area contributed by atoms with Crippen LogP contribution in [0, 0.1) is 17.5 Å². The van der Waals surface area contributed by atoms with Gasteiger partial charge in [0.15, 0.2) is 17.5 Å². The van der Waals surface area contributed by atoms with Gasteiger partial charge >= 0.3 is 0 Å². The molecule has 0 aliphatic carbocycles. The second kappa shape index (κ2) is 7.78. The molecule has 2 aromatic carbocycles. The van der Waals surface area contributed by atoms with Crippen molar-refractivity contribution in [1.82, 2.24) is 9.80 Å². The van der Waals surface area contributed by atoms with E-state index in [0.717, 1.165) is 23.4 Å². The van der Waals surface area contributed by atoms with E-state index in [4.69, 9.17) is 4.74 Å². The number of hydrogen-bond acceptors (Lipinski definition) is 3. The van der Waals surface area contributed by atoms with Crippen molar-refractivity contribution in [1.29, 1.82) is 0 Å². The molecule has 26 heavy (non-hydrogen) atoms. The summed E-state index contributed by atoms with van der Waals surface area (Å²) in [4.78, 5) is 16.0. The van der Waals surface area contributed by atoms with E-state index in [-0.39, 0.29) is 0 Å². The lowest BCUT2D eigenvalue weighted by atomic mass is 10.1. The van der Waals surface area contributed by atoms with Crippen molar-refractivity contribution in [2.24, 2.45) is 0 Å². The van der Waals surface area contributed by atoms with Gasteiger partial charge in [-0.05, 0) is 29.8 Å². The molecule has 0 saturated carbocycles. The smallest absolute Gasteiger partial charge is 0.257 e. The SMILES string of the molecule is COc1cccc(CN2CCN(C(=O)c3ccc(F)c(F)c3F)CC2)c1. The lowest BCUT2D eigenvalue weighted by molar-refractivity contribution is 0.0622. The first-order chi connectivity index (χ1) is 12.5. The number of hydrogen-bond donors (Lipinski definition) is 0. The molecule has 0 bridgehead atoms. The highest BCUT2D eigenvalue weighted by Crippen LogP contribution is 2.19. The van der Waals surface area contributed by atoms with E-state index < -0.39 is 28.9 Å². The third kappa shape index (κ3) is 3.83. The first-order valence-corrected chi connectivity index (χ1v) is 8.27. The van der Waals surface area contributed by atoms with Crippen LogP contribution in [0.15, 0.2) is 36.4 Å². The number of halogens is 3. The van der Waals surface area contributed by atoms with Crippen LogP contribution in [0.3, 0.4) is 0 Å². The minimum absolute atomic E-state index is 0.390. The van der Waals surface area contributed by atoms with Gasteiger partial charge in [0.2, 0.25) is 0 Å². The van der Waals surface area contributed by atoms with Gasteiger partial charge in [0.05, 0.1) is 12.7 Å². The molecule has 1 amide bonds. The molecule has 2 aromatic rings. The van der Waals surface area contributed by atoms with Crippen LogP contribution < -0.4 is 4.74 Å². The van der Waals surface area contributed by atoms with E-state index in [0.29, 0.717) is 32.7 Å². The summed E-state index contributed by atoms with van der Waals surface area (Å²) in [6.45, 7) is 2.70. The highest BCUT2D eigenvalue weighted by molar-refractivity contribution is 5.94. The molecule has 1 heterocycles. The van der Waals surface area contributed by atoms with Gasteiger partial charge < -0.3 is 9.64 Å². The lowest BCUT2D eigenvalue weighted by Crippen LogP contribution is -2.48. The van der Waals surface area contributed by atoms with Crippen molar-refractivity contribution in [2.45, 2.75) is 6.54 Å². The van der Waals surface area contributed by atoms with Crippen LogP contribution in [0.1, 0.15) is 15.9 Å². The highest BCUT2D eigenvalue weighted by Gasteiger charge is 2.26. The maximum absolute atomic E-state index is 13.8. The van der Waals surface area contributed by atoms with E-state index >= 15 is 0 Å². The van der Waals surface area contributed by atoms with Gasteiger partial charge in [-0.2, -0.15) is 0 Å². The summed E-state index contributed by atoms with van der Waals surface area (Å²) in [7, 11) is 1.61. The first kappa shape index (κ1) is 18.3. The number of piperazine rings is 1. The predicted molar refractivity (Wildman–Crippen MR) is 90.5 cm³/mol. The number of amides is 1. The first-order valence-electron chi connectivity index (χ1n) is 8.27.